The molecule has 1 aromatic rings. The monoisotopic (exact) mass is 611 g/mol. The molecule has 1 amide bonds. The highest BCUT2D eigenvalue weighted by atomic mass is 79.9. The fourth-order valence-corrected chi connectivity index (χ4v) is 10.2. The van der Waals surface area contributed by atoms with Gasteiger partial charge in [-0.25, -0.2) is 4.79 Å². The van der Waals surface area contributed by atoms with Crippen LogP contribution in [-0.4, -0.2) is 18.7 Å². The van der Waals surface area contributed by atoms with Crippen LogP contribution in [0.2, 0.25) is 0 Å². The van der Waals surface area contributed by atoms with Gasteiger partial charge >= 0.3 is 6.09 Å². The van der Waals surface area contributed by atoms with Crippen molar-refractivity contribution >= 4 is 22.0 Å². The van der Waals surface area contributed by atoms with Gasteiger partial charge in [0.2, 0.25) is 0 Å². The number of carbonyl (C=O) groups excluding carboxylic acids is 1. The SMILES string of the molecule is CC(C)CCC[C@@H](C)C1CCC2[C@@H]3CC=C4C[C@@H](OC(=O)NCCc5ccc(Br)cc5)CC[C@]4(C)[C@H]3CC[C@]12C. The molecule has 0 heterocycles. The van der Waals surface area contributed by atoms with E-state index < -0.39 is 0 Å². The second-order valence-electron chi connectivity index (χ2n) is 14.9. The number of hydrogen-bond acceptors (Lipinski definition) is 2. The smallest absolute Gasteiger partial charge is 0.407 e. The summed E-state index contributed by atoms with van der Waals surface area (Å²) in [4.78, 5) is 12.6. The zero-order valence-electron chi connectivity index (χ0n) is 25.8. The average molecular weight is 613 g/mol. The molecule has 0 radical (unpaired) electrons. The third-order valence-electron chi connectivity index (χ3n) is 12.1. The van der Waals surface area contributed by atoms with Crippen LogP contribution in [0.15, 0.2) is 40.4 Å². The second kappa shape index (κ2) is 12.5. The fraction of sp³-hybridized carbons (Fsp3) is 0.750. The molecule has 5 rings (SSSR count). The van der Waals surface area contributed by atoms with Gasteiger partial charge in [-0.3, -0.25) is 0 Å². The van der Waals surface area contributed by atoms with Crippen LogP contribution in [0.5, 0.6) is 0 Å². The van der Waals surface area contributed by atoms with E-state index in [0.717, 1.165) is 65.7 Å². The lowest BCUT2D eigenvalue weighted by molar-refractivity contribution is -0.0581. The summed E-state index contributed by atoms with van der Waals surface area (Å²) >= 11 is 3.48. The lowest BCUT2D eigenvalue weighted by Gasteiger charge is -2.58. The topological polar surface area (TPSA) is 38.3 Å². The molecule has 4 aliphatic rings. The molecule has 222 valence electrons. The van der Waals surface area contributed by atoms with Gasteiger partial charge in [-0.1, -0.05) is 93.6 Å². The number of nitrogens with one attached hydrogen (secondary N) is 1. The van der Waals surface area contributed by atoms with E-state index in [0.29, 0.717) is 17.4 Å². The molecule has 40 heavy (non-hydrogen) atoms. The van der Waals surface area contributed by atoms with Gasteiger partial charge in [0.1, 0.15) is 6.10 Å². The highest BCUT2D eigenvalue weighted by molar-refractivity contribution is 9.10. The zero-order valence-corrected chi connectivity index (χ0v) is 27.4. The number of fused-ring (bicyclic) bond motifs is 5. The largest absolute Gasteiger partial charge is 0.446 e. The minimum absolute atomic E-state index is 0.0139. The molecule has 2 unspecified atom stereocenters. The van der Waals surface area contributed by atoms with Crippen LogP contribution in [0.3, 0.4) is 0 Å². The first-order chi connectivity index (χ1) is 19.1. The summed E-state index contributed by atoms with van der Waals surface area (Å²) in [5.74, 6) is 5.15. The van der Waals surface area contributed by atoms with Crippen LogP contribution in [0, 0.1) is 46.3 Å². The van der Waals surface area contributed by atoms with Crippen LogP contribution in [0.25, 0.3) is 0 Å². The number of alkyl carbamates (subject to hydrolysis) is 1. The van der Waals surface area contributed by atoms with E-state index >= 15 is 0 Å². The Bertz CT molecular complexity index is 1050. The minimum atomic E-state index is -0.257. The van der Waals surface area contributed by atoms with Gasteiger partial charge in [0.05, 0.1) is 0 Å². The summed E-state index contributed by atoms with van der Waals surface area (Å²) in [6.45, 7) is 13.2. The Labute approximate surface area is 252 Å². The van der Waals surface area contributed by atoms with Crippen LogP contribution in [0.1, 0.15) is 111 Å². The van der Waals surface area contributed by atoms with Crippen molar-refractivity contribution in [3.05, 3.63) is 46.0 Å². The highest BCUT2D eigenvalue weighted by Gasteiger charge is 2.59. The summed E-state index contributed by atoms with van der Waals surface area (Å²) in [6.07, 6.45) is 17.4. The molecule has 0 saturated heterocycles. The number of hydrogen-bond donors (Lipinski definition) is 1. The molecule has 3 fully saturated rings. The van der Waals surface area contributed by atoms with E-state index in [1.807, 2.05) is 12.1 Å². The van der Waals surface area contributed by atoms with Gasteiger partial charge in [-0.15, -0.1) is 0 Å². The normalized spacial score (nSPS) is 35.8. The summed E-state index contributed by atoms with van der Waals surface area (Å²) in [5.41, 5.74) is 3.64. The van der Waals surface area contributed by atoms with Crippen molar-refractivity contribution in [1.82, 2.24) is 5.32 Å². The highest BCUT2D eigenvalue weighted by Crippen LogP contribution is 2.67. The van der Waals surface area contributed by atoms with E-state index in [1.165, 1.54) is 56.9 Å². The predicted octanol–water partition coefficient (Wildman–Crippen LogP) is 10.1. The van der Waals surface area contributed by atoms with Crippen LogP contribution in [0.4, 0.5) is 4.79 Å². The quantitative estimate of drug-likeness (QED) is 0.282. The average Bonchev–Trinajstić information content (AvgIpc) is 3.27. The minimum Gasteiger partial charge on any atom is -0.446 e. The van der Waals surface area contributed by atoms with E-state index in [1.54, 1.807) is 5.57 Å². The fourth-order valence-electron chi connectivity index (χ4n) is 9.91. The predicted molar refractivity (Wildman–Crippen MR) is 169 cm³/mol. The van der Waals surface area contributed by atoms with Gasteiger partial charge in [0.15, 0.2) is 0 Å². The number of rotatable bonds is 9. The molecule has 8 atom stereocenters. The molecular formula is C36H54BrNO2. The van der Waals surface area contributed by atoms with Gasteiger partial charge in [-0.2, -0.15) is 0 Å². The van der Waals surface area contributed by atoms with Crippen molar-refractivity contribution in [2.24, 2.45) is 46.3 Å². The van der Waals surface area contributed by atoms with Crippen molar-refractivity contribution in [1.29, 1.82) is 0 Å². The molecule has 1 aromatic carbocycles. The van der Waals surface area contributed by atoms with Crippen LogP contribution < -0.4 is 5.32 Å². The van der Waals surface area contributed by atoms with Gasteiger partial charge in [0.25, 0.3) is 0 Å². The van der Waals surface area contributed by atoms with E-state index in [9.17, 15) is 4.79 Å². The summed E-state index contributed by atoms with van der Waals surface area (Å²) < 4.78 is 7.03. The number of amides is 1. The Morgan fingerprint density at radius 2 is 1.80 bits per heavy atom. The lowest BCUT2D eigenvalue weighted by Crippen LogP contribution is -2.51. The molecule has 0 aliphatic heterocycles. The van der Waals surface area contributed by atoms with Gasteiger partial charge in [0, 0.05) is 17.4 Å². The van der Waals surface area contributed by atoms with Gasteiger partial charge in [-0.05, 0) is 115 Å². The summed E-state index contributed by atoms with van der Waals surface area (Å²) in [7, 11) is 0. The van der Waals surface area contributed by atoms with Crippen molar-refractivity contribution in [3.8, 4) is 0 Å². The molecule has 4 aliphatic carbocycles. The molecule has 1 N–H and O–H groups in total. The number of benzene rings is 1. The maximum atomic E-state index is 12.6. The molecule has 3 saturated carbocycles. The van der Waals surface area contributed by atoms with E-state index in [4.69, 9.17) is 4.74 Å². The molecule has 4 heteroatoms. The summed E-state index contributed by atoms with van der Waals surface area (Å²) in [5, 5.41) is 2.99. The summed E-state index contributed by atoms with van der Waals surface area (Å²) in [6, 6.07) is 8.27. The third-order valence-corrected chi connectivity index (χ3v) is 12.7. The number of halogens is 1. The lowest BCUT2D eigenvalue weighted by atomic mass is 9.47. The number of ether oxygens (including phenoxy) is 1. The van der Waals surface area contributed by atoms with E-state index in [2.05, 4.69) is 74.1 Å². The molecule has 0 spiro atoms. The Hall–Kier alpha value is -1.29. The Morgan fingerprint density at radius 3 is 2.55 bits per heavy atom. The Morgan fingerprint density at radius 1 is 1.02 bits per heavy atom. The molecular weight excluding hydrogens is 558 g/mol. The molecule has 0 aromatic heterocycles. The first-order valence-electron chi connectivity index (χ1n) is 16.5. The van der Waals surface area contributed by atoms with Crippen LogP contribution in [-0.2, 0) is 11.2 Å². The van der Waals surface area contributed by atoms with Crippen molar-refractivity contribution < 1.29 is 9.53 Å². The van der Waals surface area contributed by atoms with Crippen LogP contribution >= 0.6 is 15.9 Å². The maximum Gasteiger partial charge on any atom is 0.407 e. The number of allylic oxidation sites excluding steroid dienone is 1. The maximum absolute atomic E-state index is 12.6. The molecule has 0 bridgehead atoms. The third kappa shape index (κ3) is 6.23. The first kappa shape index (κ1) is 30.2. The van der Waals surface area contributed by atoms with Gasteiger partial charge < -0.3 is 10.1 Å². The van der Waals surface area contributed by atoms with Crippen molar-refractivity contribution in [2.75, 3.05) is 6.54 Å². The zero-order chi connectivity index (χ0) is 28.5. The first-order valence-corrected chi connectivity index (χ1v) is 17.3. The number of carbonyl (C=O) groups is 1. The van der Waals surface area contributed by atoms with E-state index in [-0.39, 0.29) is 12.2 Å². The second-order valence-corrected chi connectivity index (χ2v) is 15.8. The Balaban J connectivity index is 1.15. The molecule has 3 nitrogen and oxygen atoms in total. The Kier molecular flexibility index (Phi) is 9.45. The standard InChI is InChI=1S/C36H54BrNO2/c1-24(2)7-6-8-25(3)31-15-16-32-30-14-11-27-23-29(17-20-35(27,4)33(30)18-21-36(31,32)5)40-34(39)38-22-19-26-9-12-28(37)13-10-26/h9-13,24-25,29-33H,6-8,14-23H2,1-5H3,(H,38,39)/t25-,29+,30+,31?,32?,33+,35+,36-/m1/s1. The van der Waals surface area contributed by atoms with Crippen molar-refractivity contribution in [3.63, 3.8) is 0 Å². The van der Waals surface area contributed by atoms with Crippen molar-refractivity contribution in [2.45, 2.75) is 118 Å².